The second-order valence-corrected chi connectivity index (χ2v) is 24.1. The van der Waals surface area contributed by atoms with E-state index in [1.807, 2.05) is 79.7 Å². The number of aliphatic imine (C=N–C) groups is 1. The summed E-state index contributed by atoms with van der Waals surface area (Å²) in [5.41, 5.74) is 6.78. The lowest BCUT2D eigenvalue weighted by Crippen LogP contribution is -2.47. The molecule has 62 heavy (non-hydrogen) atoms. The number of carbonyl (C=O) groups is 2. The predicted octanol–water partition coefficient (Wildman–Crippen LogP) is 8.16. The Morgan fingerprint density at radius 3 is 1.27 bits per heavy atom. The maximum absolute atomic E-state index is 12.5. The van der Waals surface area contributed by atoms with Gasteiger partial charge in [-0.3, -0.25) is 0 Å². The molecule has 0 amide bonds. The number of hydrogen-bond donors (Lipinski definition) is 1. The highest BCUT2D eigenvalue weighted by atomic mass is 32.1. The van der Waals surface area contributed by atoms with Crippen molar-refractivity contribution in [3.05, 3.63) is 153 Å². The van der Waals surface area contributed by atoms with Crippen molar-refractivity contribution in [3.8, 4) is 0 Å². The summed E-state index contributed by atoms with van der Waals surface area (Å²) in [6, 6.07) is 45.4. The lowest BCUT2D eigenvalue weighted by atomic mass is 9.88. The van der Waals surface area contributed by atoms with Gasteiger partial charge in [0, 0.05) is 23.8 Å². The Hall–Kier alpha value is -5.16. The zero-order valence-electron chi connectivity index (χ0n) is 37.3. The Labute approximate surface area is 378 Å². The van der Waals surface area contributed by atoms with Gasteiger partial charge >= 0.3 is 11.9 Å². The average molecular weight is 906 g/mol. The van der Waals surface area contributed by atoms with Gasteiger partial charge in [-0.05, 0) is 43.7 Å². The number of nitrogen functional groups attached to an aromatic ring is 1. The number of esters is 2. The van der Waals surface area contributed by atoms with E-state index in [0.717, 1.165) is 9.75 Å². The number of thiophene rings is 2. The number of methoxy groups -OCH3 is 2. The number of rotatable bonds is 14. The molecule has 0 aliphatic carbocycles. The zero-order valence-corrected chi connectivity index (χ0v) is 41.3. The summed E-state index contributed by atoms with van der Waals surface area (Å²) in [5.74, 6) is -0.795. The molecule has 0 spiro atoms. The van der Waals surface area contributed by atoms with Gasteiger partial charge in [0.25, 0.3) is 0 Å². The molecule has 0 fully saturated rings. The molecule has 13 heteroatoms. The molecule has 0 radical (unpaired) electrons. The van der Waals surface area contributed by atoms with Gasteiger partial charge in [-0.15, -0.1) is 22.7 Å². The van der Waals surface area contributed by atoms with Crippen molar-refractivity contribution in [2.24, 2.45) is 15.8 Å². The maximum atomic E-state index is 12.5. The van der Waals surface area contributed by atoms with Crippen LogP contribution < -0.4 is 26.5 Å². The van der Waals surface area contributed by atoms with Gasteiger partial charge in [0.05, 0.1) is 44.1 Å². The van der Waals surface area contributed by atoms with Crippen LogP contribution in [0.3, 0.4) is 0 Å². The van der Waals surface area contributed by atoms with Gasteiger partial charge < -0.3 is 29.0 Å². The Bertz CT molecular complexity index is 2280. The van der Waals surface area contributed by atoms with Gasteiger partial charge in [-0.2, -0.15) is 0 Å². The van der Waals surface area contributed by atoms with Crippen LogP contribution >= 0.6 is 22.7 Å². The smallest absolute Gasteiger partial charge is 0.350 e. The molecule has 0 aliphatic heterocycles. The van der Waals surface area contributed by atoms with Crippen molar-refractivity contribution in [2.45, 2.75) is 53.8 Å². The molecule has 2 heterocycles. The van der Waals surface area contributed by atoms with E-state index < -0.39 is 24.0 Å². The molecule has 9 nitrogen and oxygen atoms in total. The molecule has 0 bridgehead atoms. The van der Waals surface area contributed by atoms with Gasteiger partial charge in [-0.1, -0.05) is 163 Å². The lowest BCUT2D eigenvalue weighted by molar-refractivity contribution is 0.0598. The summed E-state index contributed by atoms with van der Waals surface area (Å²) in [7, 11) is 2.58. The minimum atomic E-state index is -2.00. The molecule has 4 aromatic carbocycles. The molecule has 326 valence electrons. The Morgan fingerprint density at radius 1 is 0.597 bits per heavy atom. The van der Waals surface area contributed by atoms with Crippen molar-refractivity contribution in [3.63, 3.8) is 0 Å². The third kappa shape index (κ3) is 12.7. The zero-order chi connectivity index (χ0) is 45.0. The summed E-state index contributed by atoms with van der Waals surface area (Å²) in [4.78, 5) is 33.7. The standard InChI is InChI=1S/C26H32N2O3SSi.C23H27NO3SSi/c1-26(2,3)24(22-17-21(27-18-28(4)5)23(32-22)25(29)30-6)31-33(19-13-9-7-10-14-19)20-15-11-8-12-16-20;1-23(2,3)21(19-15-18(24)20(28-19)22(25)26-4)27-29(16-11-7-5-8-12-16)17-13-9-6-10-14-17/h7-18,24,33H,1-6H3;5-15,21,29H,24H2,1-4H3. The Morgan fingerprint density at radius 2 is 0.935 bits per heavy atom. The molecule has 0 saturated carbocycles. The topological polar surface area (TPSA) is 113 Å². The van der Waals surface area contributed by atoms with Crippen LogP contribution in [0.25, 0.3) is 0 Å². The maximum Gasteiger partial charge on any atom is 0.350 e. The molecule has 2 atom stereocenters. The number of hydrogen-bond acceptors (Lipinski definition) is 10. The fraction of sp³-hybridized carbons (Fsp3) is 0.286. The monoisotopic (exact) mass is 905 g/mol. The third-order valence-electron chi connectivity index (χ3n) is 9.72. The highest BCUT2D eigenvalue weighted by Gasteiger charge is 2.36. The normalized spacial score (nSPS) is 12.8. The first-order chi connectivity index (χ1) is 29.5. The second-order valence-electron chi connectivity index (χ2n) is 17.2. The van der Waals surface area contributed by atoms with E-state index >= 15 is 0 Å². The number of nitrogens with zero attached hydrogens (tertiary/aromatic N) is 2. The van der Waals surface area contributed by atoms with E-state index in [9.17, 15) is 9.59 Å². The molecule has 0 aliphatic rings. The summed E-state index contributed by atoms with van der Waals surface area (Å²) in [6.07, 6.45) is 1.27. The van der Waals surface area contributed by atoms with Crippen molar-refractivity contribution < 1.29 is 27.9 Å². The number of anilines is 1. The number of ether oxygens (including phenoxy) is 2. The fourth-order valence-electron chi connectivity index (χ4n) is 6.73. The number of nitrogens with two attached hydrogens (primary N) is 1. The van der Waals surface area contributed by atoms with Crippen molar-refractivity contribution >= 4 is 91.2 Å². The van der Waals surface area contributed by atoms with Crippen LogP contribution in [-0.2, 0) is 18.3 Å². The van der Waals surface area contributed by atoms with E-state index in [0.29, 0.717) is 21.1 Å². The van der Waals surface area contributed by atoms with Crippen LogP contribution in [0.5, 0.6) is 0 Å². The van der Waals surface area contributed by atoms with Crippen LogP contribution in [0, 0.1) is 10.8 Å². The quantitative estimate of drug-likeness (QED) is 0.0505. The molecule has 2 unspecified atom stereocenters. The molecular weight excluding hydrogens is 847 g/mol. The average Bonchev–Trinajstić information content (AvgIpc) is 3.86. The number of benzene rings is 4. The third-order valence-corrected chi connectivity index (χ3v) is 17.1. The minimum Gasteiger partial charge on any atom is -0.465 e. The van der Waals surface area contributed by atoms with E-state index in [2.05, 4.69) is 119 Å². The van der Waals surface area contributed by atoms with Gasteiger partial charge in [-0.25, -0.2) is 14.6 Å². The fourth-order valence-corrected chi connectivity index (χ4v) is 14.8. The Balaban J connectivity index is 0.000000236. The first-order valence-electron chi connectivity index (χ1n) is 20.4. The van der Waals surface area contributed by atoms with Gasteiger partial charge in [0.2, 0.25) is 18.1 Å². The van der Waals surface area contributed by atoms with Gasteiger partial charge in [0.15, 0.2) is 0 Å². The largest absolute Gasteiger partial charge is 0.465 e. The first-order valence-corrected chi connectivity index (χ1v) is 25.3. The summed E-state index contributed by atoms with van der Waals surface area (Å²) in [6.45, 7) is 12.9. The summed E-state index contributed by atoms with van der Waals surface area (Å²) >= 11 is 2.76. The van der Waals surface area contributed by atoms with Crippen LogP contribution in [0.1, 0.15) is 82.8 Å². The van der Waals surface area contributed by atoms with Crippen molar-refractivity contribution in [1.29, 1.82) is 0 Å². The number of carbonyl (C=O) groups excluding carboxylic acids is 2. The summed E-state index contributed by atoms with van der Waals surface area (Å²) in [5, 5.41) is 4.86. The minimum absolute atomic E-state index is 0.181. The van der Waals surface area contributed by atoms with Crippen molar-refractivity contribution in [2.75, 3.05) is 34.0 Å². The molecule has 6 aromatic rings. The van der Waals surface area contributed by atoms with Crippen LogP contribution in [0.15, 0.2) is 138 Å². The second kappa shape index (κ2) is 21.8. The molecular formula is C49H59N3O6S2Si2. The van der Waals surface area contributed by atoms with E-state index in [1.165, 1.54) is 57.6 Å². The molecule has 2 aromatic heterocycles. The van der Waals surface area contributed by atoms with Crippen LogP contribution in [0.2, 0.25) is 0 Å². The van der Waals surface area contributed by atoms with E-state index in [1.54, 1.807) is 6.34 Å². The highest BCUT2D eigenvalue weighted by Crippen LogP contribution is 2.44. The Kier molecular flexibility index (Phi) is 16.8. The lowest BCUT2D eigenvalue weighted by Gasteiger charge is -2.34. The van der Waals surface area contributed by atoms with E-state index in [-0.39, 0.29) is 29.0 Å². The summed E-state index contributed by atoms with van der Waals surface area (Å²) < 4.78 is 23.8. The first kappa shape index (κ1) is 47.9. The van der Waals surface area contributed by atoms with Crippen LogP contribution in [0.4, 0.5) is 11.4 Å². The highest BCUT2D eigenvalue weighted by molar-refractivity contribution is 7.15. The molecule has 0 saturated heterocycles. The van der Waals surface area contributed by atoms with Crippen LogP contribution in [-0.4, -0.2) is 69.6 Å². The van der Waals surface area contributed by atoms with Gasteiger partial charge in [0.1, 0.15) is 9.75 Å². The van der Waals surface area contributed by atoms with Crippen molar-refractivity contribution in [1.82, 2.24) is 4.90 Å². The SMILES string of the molecule is COC(=O)c1sc(C(O[SiH](c2ccccc2)c2ccccc2)C(C)(C)C)cc1N.COC(=O)c1sc(C(O[SiH](c2ccccc2)c2ccccc2)C(C)(C)C)cc1N=CN(C)C. The molecule has 6 rings (SSSR count). The van der Waals surface area contributed by atoms with E-state index in [4.69, 9.17) is 24.1 Å². The predicted molar refractivity (Wildman–Crippen MR) is 263 cm³/mol. The molecule has 2 N–H and O–H groups in total.